The summed E-state index contributed by atoms with van der Waals surface area (Å²) in [7, 11) is -8.72. The Hall–Kier alpha value is -1.20. The average Bonchev–Trinajstić information content (AvgIpc) is 2.25. The summed E-state index contributed by atoms with van der Waals surface area (Å²) in [6, 6.07) is 2.75. The summed E-state index contributed by atoms with van der Waals surface area (Å²) < 4.78 is 93.7. The molecule has 0 bridgehead atoms. The zero-order valence-corrected chi connectivity index (χ0v) is 11.6. The Labute approximate surface area is 113 Å². The fourth-order valence-electron chi connectivity index (χ4n) is 1.29. The van der Waals surface area contributed by atoms with Gasteiger partial charge >= 0.3 is 16.4 Å². The molecule has 114 valence electrons. The number of halogens is 4. The summed E-state index contributed by atoms with van der Waals surface area (Å²) in [5.74, 6) is 0. The van der Waals surface area contributed by atoms with Crippen molar-refractivity contribution in [1.29, 1.82) is 0 Å². The number of alkyl halides is 3. The lowest BCUT2D eigenvalue weighted by Crippen LogP contribution is -2.35. The molecule has 0 aromatic heterocycles. The molecule has 0 saturated carbocycles. The molecule has 0 saturated heterocycles. The Morgan fingerprint density at radius 3 is 1.75 bits per heavy atom. The van der Waals surface area contributed by atoms with Gasteiger partial charge in [-0.2, -0.15) is 25.9 Å². The standard InChI is InChI=1S/C9H9F4NO4S2/c1-14(6-9(10,11)12)20(17,18)8-4-2-7(3-5-8)19(13,15)16/h2-5H,6H2,1H3. The first-order valence-electron chi connectivity index (χ1n) is 4.92. The van der Waals surface area contributed by atoms with E-state index in [4.69, 9.17) is 0 Å². The number of rotatable bonds is 4. The maximum absolute atomic E-state index is 12.6. The molecule has 0 atom stereocenters. The Bertz CT molecular complexity index is 680. The van der Waals surface area contributed by atoms with Crippen molar-refractivity contribution in [3.63, 3.8) is 0 Å². The fourth-order valence-corrected chi connectivity index (χ4v) is 2.91. The SMILES string of the molecule is CN(CC(F)(F)F)S(=O)(=O)c1ccc(S(=O)(=O)F)cc1. The molecule has 1 rings (SSSR count). The smallest absolute Gasteiger partial charge is 0.207 e. The van der Waals surface area contributed by atoms with Crippen molar-refractivity contribution < 1.29 is 33.9 Å². The van der Waals surface area contributed by atoms with Crippen LogP contribution in [0.15, 0.2) is 34.1 Å². The summed E-state index contributed by atoms with van der Waals surface area (Å²) in [4.78, 5) is -1.36. The topological polar surface area (TPSA) is 71.5 Å². The van der Waals surface area contributed by atoms with Gasteiger partial charge in [0.05, 0.1) is 9.79 Å². The van der Waals surface area contributed by atoms with E-state index in [0.29, 0.717) is 24.3 Å². The van der Waals surface area contributed by atoms with Crippen LogP contribution in [0.25, 0.3) is 0 Å². The predicted molar refractivity (Wildman–Crippen MR) is 60.6 cm³/mol. The molecule has 11 heteroatoms. The zero-order chi connectivity index (χ0) is 15.8. The first kappa shape index (κ1) is 16.9. The van der Waals surface area contributed by atoms with Gasteiger partial charge in [0, 0.05) is 7.05 Å². The summed E-state index contributed by atoms with van der Waals surface area (Å²) in [5, 5.41) is 0. The van der Waals surface area contributed by atoms with Crippen LogP contribution in [0, 0.1) is 0 Å². The summed E-state index contributed by atoms with van der Waals surface area (Å²) >= 11 is 0. The third kappa shape index (κ3) is 4.15. The number of benzene rings is 1. The molecule has 0 aliphatic carbocycles. The molecule has 20 heavy (non-hydrogen) atoms. The van der Waals surface area contributed by atoms with Gasteiger partial charge in [0.2, 0.25) is 10.0 Å². The highest BCUT2D eigenvalue weighted by atomic mass is 32.3. The second-order valence-corrected chi connectivity index (χ2v) is 7.18. The van der Waals surface area contributed by atoms with E-state index >= 15 is 0 Å². The maximum Gasteiger partial charge on any atom is 0.402 e. The molecule has 1 aromatic rings. The van der Waals surface area contributed by atoms with Crippen molar-refractivity contribution in [2.75, 3.05) is 13.6 Å². The molecule has 5 nitrogen and oxygen atoms in total. The van der Waals surface area contributed by atoms with Crippen LogP contribution in [-0.4, -0.2) is 40.9 Å². The second-order valence-electron chi connectivity index (χ2n) is 3.79. The number of sulfonamides is 1. The molecule has 0 aliphatic rings. The molecule has 0 amide bonds. The van der Waals surface area contributed by atoms with Crippen molar-refractivity contribution >= 4 is 20.2 Å². The lowest BCUT2D eigenvalue weighted by molar-refractivity contribution is -0.134. The van der Waals surface area contributed by atoms with Crippen molar-refractivity contribution in [1.82, 2.24) is 4.31 Å². The Balaban J connectivity index is 3.11. The van der Waals surface area contributed by atoms with E-state index in [1.165, 1.54) is 0 Å². The molecule has 0 N–H and O–H groups in total. The van der Waals surface area contributed by atoms with Crippen molar-refractivity contribution in [2.45, 2.75) is 16.0 Å². The minimum Gasteiger partial charge on any atom is -0.207 e. The van der Waals surface area contributed by atoms with Crippen LogP contribution in [0.2, 0.25) is 0 Å². The van der Waals surface area contributed by atoms with Crippen molar-refractivity contribution in [3.05, 3.63) is 24.3 Å². The van der Waals surface area contributed by atoms with Gasteiger partial charge in [-0.05, 0) is 24.3 Å². The van der Waals surface area contributed by atoms with Gasteiger partial charge < -0.3 is 0 Å². The van der Waals surface area contributed by atoms with E-state index < -0.39 is 42.8 Å². The first-order chi connectivity index (χ1) is 8.84. The fraction of sp³-hybridized carbons (Fsp3) is 0.333. The van der Waals surface area contributed by atoms with Crippen LogP contribution in [0.1, 0.15) is 0 Å². The first-order valence-corrected chi connectivity index (χ1v) is 7.74. The highest BCUT2D eigenvalue weighted by molar-refractivity contribution is 7.89. The average molecular weight is 335 g/mol. The molecule has 0 heterocycles. The zero-order valence-electron chi connectivity index (χ0n) is 9.93. The third-order valence-corrected chi connectivity index (χ3v) is 4.87. The summed E-state index contributed by atoms with van der Waals surface area (Å²) in [5.41, 5.74) is 0. The third-order valence-electron chi connectivity index (χ3n) is 2.22. The number of hydrogen-bond acceptors (Lipinski definition) is 4. The van der Waals surface area contributed by atoms with Gasteiger partial charge in [0.25, 0.3) is 0 Å². The molecular formula is C9H9F4NO4S2. The van der Waals surface area contributed by atoms with Crippen molar-refractivity contribution in [3.8, 4) is 0 Å². The maximum atomic E-state index is 12.6. The van der Waals surface area contributed by atoms with Crippen LogP contribution in [0.3, 0.4) is 0 Å². The summed E-state index contributed by atoms with van der Waals surface area (Å²) in [6.07, 6.45) is -4.72. The monoisotopic (exact) mass is 335 g/mol. The molecule has 1 aromatic carbocycles. The molecule has 0 spiro atoms. The van der Waals surface area contributed by atoms with Gasteiger partial charge in [0.15, 0.2) is 0 Å². The lowest BCUT2D eigenvalue weighted by Gasteiger charge is -2.18. The van der Waals surface area contributed by atoms with Gasteiger partial charge in [-0.25, -0.2) is 8.42 Å². The van der Waals surface area contributed by atoms with Crippen LogP contribution < -0.4 is 0 Å². The minimum atomic E-state index is -5.00. The quantitative estimate of drug-likeness (QED) is 0.618. The van der Waals surface area contributed by atoms with Crippen LogP contribution in [0.4, 0.5) is 17.1 Å². The molecular weight excluding hydrogens is 326 g/mol. The highest BCUT2D eigenvalue weighted by Crippen LogP contribution is 2.22. The Kier molecular flexibility index (Phi) is 4.46. The second kappa shape index (κ2) is 5.30. The van der Waals surface area contributed by atoms with Gasteiger partial charge in [-0.3, -0.25) is 0 Å². The number of nitrogens with zero attached hydrogens (tertiary/aromatic N) is 1. The normalized spacial score (nSPS) is 13.7. The molecule has 0 fully saturated rings. The van der Waals surface area contributed by atoms with E-state index in [2.05, 4.69) is 0 Å². The van der Waals surface area contributed by atoms with Gasteiger partial charge in [-0.15, -0.1) is 3.89 Å². The van der Waals surface area contributed by atoms with E-state index in [9.17, 15) is 33.9 Å². The number of hydrogen-bond donors (Lipinski definition) is 0. The van der Waals surface area contributed by atoms with E-state index in [1.807, 2.05) is 0 Å². The molecule has 0 unspecified atom stereocenters. The van der Waals surface area contributed by atoms with Gasteiger partial charge in [0.1, 0.15) is 6.54 Å². The Morgan fingerprint density at radius 2 is 1.40 bits per heavy atom. The predicted octanol–water partition coefficient (Wildman–Crippen LogP) is 1.53. The van der Waals surface area contributed by atoms with Crippen molar-refractivity contribution in [2.24, 2.45) is 0 Å². The minimum absolute atomic E-state index is 0.0615. The van der Waals surface area contributed by atoms with Crippen LogP contribution in [0.5, 0.6) is 0 Å². The lowest BCUT2D eigenvalue weighted by atomic mass is 10.4. The van der Waals surface area contributed by atoms with E-state index in [0.717, 1.165) is 7.05 Å². The van der Waals surface area contributed by atoms with Crippen LogP contribution in [-0.2, 0) is 20.2 Å². The van der Waals surface area contributed by atoms with E-state index in [1.54, 1.807) is 0 Å². The highest BCUT2D eigenvalue weighted by Gasteiger charge is 2.34. The largest absolute Gasteiger partial charge is 0.402 e. The van der Waals surface area contributed by atoms with Gasteiger partial charge in [-0.1, -0.05) is 0 Å². The van der Waals surface area contributed by atoms with Crippen LogP contribution >= 0.6 is 0 Å². The molecule has 0 radical (unpaired) electrons. The summed E-state index contributed by atoms with van der Waals surface area (Å²) in [6.45, 7) is -1.70. The molecule has 0 aliphatic heterocycles. The van der Waals surface area contributed by atoms with E-state index in [-0.39, 0.29) is 4.31 Å². The Morgan fingerprint density at radius 1 is 1.00 bits per heavy atom.